The van der Waals surface area contributed by atoms with Gasteiger partial charge in [0, 0.05) is 13.6 Å². The topological polar surface area (TPSA) is 49.4 Å². The van der Waals surface area contributed by atoms with E-state index >= 15 is 0 Å². The lowest BCUT2D eigenvalue weighted by atomic mass is 10.1. The molecule has 2 amide bonds. The van der Waals surface area contributed by atoms with Gasteiger partial charge >= 0.3 is 0 Å². The molecule has 1 atom stereocenters. The van der Waals surface area contributed by atoms with Crippen LogP contribution in [0.5, 0.6) is 0 Å². The van der Waals surface area contributed by atoms with Gasteiger partial charge in [0.05, 0.1) is 26.5 Å². The molecule has 28 heavy (non-hydrogen) atoms. The molecule has 2 aromatic carbocycles. The van der Waals surface area contributed by atoms with Crippen molar-refractivity contribution in [3.05, 3.63) is 67.6 Å². The molecular formula is C20H20Cl4N2O2. The van der Waals surface area contributed by atoms with E-state index in [0.29, 0.717) is 32.1 Å². The number of hydrogen-bond acceptors (Lipinski definition) is 2. The van der Waals surface area contributed by atoms with Crippen LogP contribution in [0.15, 0.2) is 36.4 Å². The quantitative estimate of drug-likeness (QED) is 0.600. The maximum atomic E-state index is 13.1. The van der Waals surface area contributed by atoms with Gasteiger partial charge in [0.15, 0.2) is 0 Å². The van der Waals surface area contributed by atoms with Gasteiger partial charge in [-0.2, -0.15) is 0 Å². The van der Waals surface area contributed by atoms with Crippen molar-refractivity contribution in [3.63, 3.8) is 0 Å². The second-order valence-electron chi connectivity index (χ2n) is 6.23. The number of carbonyl (C=O) groups excluding carboxylic acids is 2. The van der Waals surface area contributed by atoms with Gasteiger partial charge in [-0.25, -0.2) is 0 Å². The fourth-order valence-electron chi connectivity index (χ4n) is 2.85. The average Bonchev–Trinajstić information content (AvgIpc) is 2.67. The van der Waals surface area contributed by atoms with Crippen LogP contribution in [0, 0.1) is 0 Å². The molecule has 0 bridgehead atoms. The summed E-state index contributed by atoms with van der Waals surface area (Å²) in [7, 11) is 1.55. The molecule has 1 N–H and O–H groups in total. The Bertz CT molecular complexity index is 873. The molecule has 150 valence electrons. The number of carbonyl (C=O) groups is 2. The summed E-state index contributed by atoms with van der Waals surface area (Å²) in [6, 6.07) is 9.57. The Morgan fingerprint density at radius 2 is 1.46 bits per heavy atom. The zero-order valence-corrected chi connectivity index (χ0v) is 18.5. The molecule has 2 rings (SSSR count). The summed E-state index contributed by atoms with van der Waals surface area (Å²) < 4.78 is 0. The van der Waals surface area contributed by atoms with Crippen molar-refractivity contribution in [3.8, 4) is 0 Å². The van der Waals surface area contributed by atoms with E-state index in [2.05, 4.69) is 5.32 Å². The van der Waals surface area contributed by atoms with Crippen molar-refractivity contribution in [2.75, 3.05) is 7.05 Å². The third kappa shape index (κ3) is 5.77. The summed E-state index contributed by atoms with van der Waals surface area (Å²) in [6.45, 7) is 2.08. The Labute approximate surface area is 184 Å². The second kappa shape index (κ2) is 10.4. The standard InChI is InChI=1S/C20H20Cl4N2O2/c1-3-18(20(28)25-2)26(11-13-5-7-15(22)17(24)9-13)19(27)10-12-4-6-14(21)16(23)8-12/h4-9,18H,3,10-11H2,1-2H3,(H,25,28)/t18-/m1/s1. The van der Waals surface area contributed by atoms with Crippen LogP contribution in [-0.2, 0) is 22.6 Å². The van der Waals surface area contributed by atoms with E-state index in [-0.39, 0.29) is 24.8 Å². The van der Waals surface area contributed by atoms with Gasteiger partial charge < -0.3 is 10.2 Å². The third-order valence-corrected chi connectivity index (χ3v) is 5.79. The van der Waals surface area contributed by atoms with Crippen molar-refractivity contribution < 1.29 is 9.59 Å². The molecule has 0 unspecified atom stereocenters. The highest BCUT2D eigenvalue weighted by Crippen LogP contribution is 2.25. The molecular weight excluding hydrogens is 442 g/mol. The summed E-state index contributed by atoms with van der Waals surface area (Å²) >= 11 is 24.1. The maximum absolute atomic E-state index is 13.1. The minimum atomic E-state index is -0.616. The predicted octanol–water partition coefficient (Wildman–Crippen LogP) is 5.40. The number of rotatable bonds is 7. The molecule has 0 aliphatic carbocycles. The van der Waals surface area contributed by atoms with E-state index in [1.165, 1.54) is 0 Å². The number of likely N-dealkylation sites (N-methyl/N-ethyl adjacent to an activating group) is 1. The summed E-state index contributed by atoms with van der Waals surface area (Å²) in [4.78, 5) is 27.0. The number of halogens is 4. The number of hydrogen-bond donors (Lipinski definition) is 1. The predicted molar refractivity (Wildman–Crippen MR) is 115 cm³/mol. The van der Waals surface area contributed by atoms with E-state index in [1.807, 2.05) is 6.92 Å². The number of nitrogens with zero attached hydrogens (tertiary/aromatic N) is 1. The van der Waals surface area contributed by atoms with Gasteiger partial charge in [-0.3, -0.25) is 9.59 Å². The molecule has 0 spiro atoms. The number of benzene rings is 2. The van der Waals surface area contributed by atoms with Crippen molar-refractivity contribution >= 4 is 58.2 Å². The van der Waals surface area contributed by atoms with Gasteiger partial charge in [0.2, 0.25) is 11.8 Å². The van der Waals surface area contributed by atoms with E-state index in [4.69, 9.17) is 46.4 Å². The Balaban J connectivity index is 2.32. The normalized spacial score (nSPS) is 11.8. The van der Waals surface area contributed by atoms with Crippen LogP contribution in [-0.4, -0.2) is 29.8 Å². The van der Waals surface area contributed by atoms with Gasteiger partial charge in [-0.05, 0) is 41.8 Å². The molecule has 0 saturated carbocycles. The lowest BCUT2D eigenvalue weighted by Gasteiger charge is -2.30. The van der Waals surface area contributed by atoms with Crippen LogP contribution in [0.25, 0.3) is 0 Å². The highest BCUT2D eigenvalue weighted by molar-refractivity contribution is 6.42. The zero-order chi connectivity index (χ0) is 20.8. The van der Waals surface area contributed by atoms with Gasteiger partial charge in [-0.1, -0.05) is 65.5 Å². The smallest absolute Gasteiger partial charge is 0.242 e. The zero-order valence-electron chi connectivity index (χ0n) is 15.4. The first-order valence-corrected chi connectivity index (χ1v) is 10.2. The van der Waals surface area contributed by atoms with Crippen LogP contribution >= 0.6 is 46.4 Å². The van der Waals surface area contributed by atoms with E-state index < -0.39 is 6.04 Å². The number of amides is 2. The molecule has 0 saturated heterocycles. The van der Waals surface area contributed by atoms with Gasteiger partial charge in [0.1, 0.15) is 6.04 Å². The van der Waals surface area contributed by atoms with Crippen LogP contribution in [0.2, 0.25) is 20.1 Å². The van der Waals surface area contributed by atoms with Crippen LogP contribution in [0.3, 0.4) is 0 Å². The molecule has 0 fully saturated rings. The Hall–Kier alpha value is -1.46. The molecule has 0 aliphatic heterocycles. The summed E-state index contributed by atoms with van der Waals surface area (Å²) in [5.41, 5.74) is 1.49. The first-order chi connectivity index (χ1) is 13.3. The lowest BCUT2D eigenvalue weighted by Crippen LogP contribution is -2.48. The molecule has 2 aromatic rings. The first kappa shape index (κ1) is 22.8. The van der Waals surface area contributed by atoms with Crippen molar-refractivity contribution in [1.82, 2.24) is 10.2 Å². The van der Waals surface area contributed by atoms with Crippen LogP contribution < -0.4 is 5.32 Å². The Kier molecular flexibility index (Phi) is 8.44. The van der Waals surface area contributed by atoms with Crippen molar-refractivity contribution in [2.24, 2.45) is 0 Å². The van der Waals surface area contributed by atoms with E-state index in [1.54, 1.807) is 48.3 Å². The second-order valence-corrected chi connectivity index (χ2v) is 7.86. The molecule has 4 nitrogen and oxygen atoms in total. The largest absolute Gasteiger partial charge is 0.357 e. The minimum absolute atomic E-state index is 0.0890. The molecule has 0 radical (unpaired) electrons. The SMILES string of the molecule is CC[C@H](C(=O)NC)N(Cc1ccc(Cl)c(Cl)c1)C(=O)Cc1ccc(Cl)c(Cl)c1. The van der Waals surface area contributed by atoms with Crippen LogP contribution in [0.1, 0.15) is 24.5 Å². The monoisotopic (exact) mass is 460 g/mol. The fourth-order valence-corrected chi connectivity index (χ4v) is 3.49. The Morgan fingerprint density at radius 1 is 0.929 bits per heavy atom. The van der Waals surface area contributed by atoms with Gasteiger partial charge in [0.25, 0.3) is 0 Å². The summed E-state index contributed by atoms with van der Waals surface area (Å²) in [5, 5.41) is 4.24. The third-order valence-electron chi connectivity index (χ3n) is 4.31. The minimum Gasteiger partial charge on any atom is -0.357 e. The van der Waals surface area contributed by atoms with E-state index in [9.17, 15) is 9.59 Å². The van der Waals surface area contributed by atoms with Crippen LogP contribution in [0.4, 0.5) is 0 Å². The van der Waals surface area contributed by atoms with E-state index in [0.717, 1.165) is 5.56 Å². The maximum Gasteiger partial charge on any atom is 0.242 e. The van der Waals surface area contributed by atoms with Crippen molar-refractivity contribution in [1.29, 1.82) is 0 Å². The number of nitrogens with one attached hydrogen (secondary N) is 1. The van der Waals surface area contributed by atoms with Gasteiger partial charge in [-0.15, -0.1) is 0 Å². The lowest BCUT2D eigenvalue weighted by molar-refractivity contribution is -0.140. The molecule has 0 aromatic heterocycles. The summed E-state index contributed by atoms with van der Waals surface area (Å²) in [6.07, 6.45) is 0.555. The highest BCUT2D eigenvalue weighted by atomic mass is 35.5. The highest BCUT2D eigenvalue weighted by Gasteiger charge is 2.28. The molecule has 0 heterocycles. The average molecular weight is 462 g/mol. The Morgan fingerprint density at radius 3 is 1.96 bits per heavy atom. The fraction of sp³-hybridized carbons (Fsp3) is 0.300. The molecule has 0 aliphatic rings. The molecule has 8 heteroatoms. The first-order valence-electron chi connectivity index (χ1n) is 8.65. The van der Waals surface area contributed by atoms with Crippen molar-refractivity contribution in [2.45, 2.75) is 32.4 Å². The summed E-state index contributed by atoms with van der Waals surface area (Å²) in [5.74, 6) is -0.440.